The van der Waals surface area contributed by atoms with Crippen LogP contribution in [0.1, 0.15) is 0 Å². The minimum atomic E-state index is -0.343. The number of anilines is 2. The Hall–Kier alpha value is -3.10. The lowest BCUT2D eigenvalue weighted by atomic mass is 10.3. The summed E-state index contributed by atoms with van der Waals surface area (Å²) in [5, 5.41) is 0. The molecule has 2 heterocycles. The molecule has 2 aliphatic rings. The van der Waals surface area contributed by atoms with E-state index in [0.717, 1.165) is 9.79 Å². The molecule has 0 bridgehead atoms. The molecule has 4 rings (SSSR count). The fraction of sp³-hybridized carbons (Fsp3) is 0.0909. The summed E-state index contributed by atoms with van der Waals surface area (Å²) in [6.45, 7) is 0. The zero-order valence-corrected chi connectivity index (χ0v) is 17.3. The number of hydrogen-bond donors (Lipinski definition) is 0. The lowest BCUT2D eigenvalue weighted by Crippen LogP contribution is -2.30. The van der Waals surface area contributed by atoms with E-state index >= 15 is 0 Å². The molecule has 0 atom stereocenters. The summed E-state index contributed by atoms with van der Waals surface area (Å²) in [5.74, 6) is 0.0456. The van der Waals surface area contributed by atoms with E-state index in [1.54, 1.807) is 47.8 Å². The number of thioether (sulfide) groups is 2. The van der Waals surface area contributed by atoms with Crippen molar-refractivity contribution >= 4 is 58.5 Å². The summed E-state index contributed by atoms with van der Waals surface area (Å²) < 4.78 is 0. The van der Waals surface area contributed by atoms with Crippen LogP contribution in [0.3, 0.4) is 0 Å². The maximum atomic E-state index is 12.0. The van der Waals surface area contributed by atoms with Gasteiger partial charge in [-0.05, 0) is 24.3 Å². The summed E-state index contributed by atoms with van der Waals surface area (Å²) >= 11 is 3.08. The number of nitrogens with zero attached hydrogens (tertiary/aromatic N) is 2. The van der Waals surface area contributed by atoms with Crippen molar-refractivity contribution in [2.45, 2.75) is 9.79 Å². The van der Waals surface area contributed by atoms with Gasteiger partial charge in [0, 0.05) is 45.6 Å². The van der Waals surface area contributed by atoms with E-state index in [-0.39, 0.29) is 23.6 Å². The fourth-order valence-electron chi connectivity index (χ4n) is 3.11. The summed E-state index contributed by atoms with van der Waals surface area (Å²) in [6, 6.07) is 14.6. The molecule has 0 N–H and O–H groups in total. The van der Waals surface area contributed by atoms with Gasteiger partial charge in [0.2, 0.25) is 0 Å². The van der Waals surface area contributed by atoms with Gasteiger partial charge in [-0.2, -0.15) is 0 Å². The van der Waals surface area contributed by atoms with Gasteiger partial charge in [-0.1, -0.05) is 24.3 Å². The third-order valence-electron chi connectivity index (χ3n) is 4.43. The van der Waals surface area contributed by atoms with Crippen molar-refractivity contribution in [2.24, 2.45) is 0 Å². The van der Waals surface area contributed by atoms with Crippen LogP contribution in [0.5, 0.6) is 0 Å². The van der Waals surface area contributed by atoms with Gasteiger partial charge in [-0.3, -0.25) is 19.2 Å². The molecule has 0 aliphatic carbocycles. The lowest BCUT2D eigenvalue weighted by molar-refractivity contribution is -0.121. The maximum absolute atomic E-state index is 12.0. The van der Waals surface area contributed by atoms with Crippen molar-refractivity contribution in [3.63, 3.8) is 0 Å². The third-order valence-corrected chi connectivity index (χ3v) is 6.82. The zero-order chi connectivity index (χ0) is 21.1. The van der Waals surface area contributed by atoms with Gasteiger partial charge in [-0.25, -0.2) is 9.80 Å². The van der Waals surface area contributed by atoms with Crippen molar-refractivity contribution in [1.82, 2.24) is 0 Å². The average Bonchev–Trinajstić information content (AvgIpc) is 3.26. The van der Waals surface area contributed by atoms with Crippen LogP contribution in [0.2, 0.25) is 0 Å². The van der Waals surface area contributed by atoms with Crippen LogP contribution in [-0.4, -0.2) is 35.1 Å². The monoisotopic (exact) mass is 436 g/mol. The molecule has 0 fully saturated rings. The van der Waals surface area contributed by atoms with E-state index in [1.807, 2.05) is 24.3 Å². The number of amides is 4. The van der Waals surface area contributed by atoms with Crippen LogP contribution in [0.15, 0.2) is 82.6 Å². The van der Waals surface area contributed by atoms with Crippen LogP contribution in [0.4, 0.5) is 11.4 Å². The molecule has 2 aromatic carbocycles. The number of carbonyl (C=O) groups excluding carboxylic acids is 4. The molecule has 2 aromatic rings. The summed E-state index contributed by atoms with van der Waals surface area (Å²) in [7, 11) is 0. The molecule has 0 spiro atoms. The van der Waals surface area contributed by atoms with Crippen LogP contribution in [0.25, 0.3) is 0 Å². The normalized spacial score (nSPS) is 15.7. The molecule has 2 aliphatic heterocycles. The van der Waals surface area contributed by atoms with Crippen LogP contribution in [0, 0.1) is 0 Å². The second kappa shape index (κ2) is 8.73. The fourth-order valence-corrected chi connectivity index (χ4v) is 5.18. The van der Waals surface area contributed by atoms with Crippen molar-refractivity contribution in [2.75, 3.05) is 21.3 Å². The van der Waals surface area contributed by atoms with Gasteiger partial charge in [0.25, 0.3) is 23.6 Å². The van der Waals surface area contributed by atoms with Crippen molar-refractivity contribution < 1.29 is 19.2 Å². The molecule has 0 radical (unpaired) electrons. The average molecular weight is 437 g/mol. The number of hydrogen-bond acceptors (Lipinski definition) is 6. The van der Waals surface area contributed by atoms with Gasteiger partial charge in [0.15, 0.2) is 0 Å². The molecule has 6 nitrogen and oxygen atoms in total. The Kier molecular flexibility index (Phi) is 5.87. The van der Waals surface area contributed by atoms with Gasteiger partial charge < -0.3 is 0 Å². The minimum absolute atomic E-state index is 0.343. The zero-order valence-electron chi connectivity index (χ0n) is 15.7. The number of para-hydroxylation sites is 2. The smallest absolute Gasteiger partial charge is 0.258 e. The van der Waals surface area contributed by atoms with E-state index in [2.05, 4.69) is 0 Å². The largest absolute Gasteiger partial charge is 0.269 e. The van der Waals surface area contributed by atoms with Crippen molar-refractivity contribution in [1.29, 1.82) is 0 Å². The summed E-state index contributed by atoms with van der Waals surface area (Å²) in [5.41, 5.74) is 1.15. The number of benzene rings is 2. The van der Waals surface area contributed by atoms with Crippen LogP contribution < -0.4 is 9.80 Å². The number of rotatable bonds is 7. The Balaban J connectivity index is 1.42. The van der Waals surface area contributed by atoms with Gasteiger partial charge in [0.1, 0.15) is 0 Å². The molecule has 0 unspecified atom stereocenters. The molecule has 0 saturated heterocycles. The maximum Gasteiger partial charge on any atom is 0.258 e. The van der Waals surface area contributed by atoms with E-state index in [9.17, 15) is 19.2 Å². The Bertz CT molecular complexity index is 986. The highest BCUT2D eigenvalue weighted by molar-refractivity contribution is 8.03. The molecule has 30 heavy (non-hydrogen) atoms. The van der Waals surface area contributed by atoms with E-state index in [0.29, 0.717) is 22.9 Å². The van der Waals surface area contributed by atoms with Gasteiger partial charge >= 0.3 is 0 Å². The third kappa shape index (κ3) is 3.96. The lowest BCUT2D eigenvalue weighted by Gasteiger charge is -2.18. The second-order valence-electron chi connectivity index (χ2n) is 6.32. The topological polar surface area (TPSA) is 74.8 Å². The van der Waals surface area contributed by atoms with E-state index < -0.39 is 0 Å². The predicted molar refractivity (Wildman–Crippen MR) is 118 cm³/mol. The number of imide groups is 2. The van der Waals surface area contributed by atoms with Gasteiger partial charge in [-0.15, -0.1) is 23.5 Å². The van der Waals surface area contributed by atoms with Crippen molar-refractivity contribution in [3.05, 3.63) is 72.8 Å². The standard InChI is InChI=1S/C22H16N2O4S2/c25-19-9-10-20(26)23(19)15-5-1-3-7-17(15)29-13-14-30-18-8-4-2-6-16(18)24-21(27)11-12-22(24)28/h1-12H,13-14H2. The summed E-state index contributed by atoms with van der Waals surface area (Å²) in [4.78, 5) is 52.1. The van der Waals surface area contributed by atoms with Crippen molar-refractivity contribution in [3.8, 4) is 0 Å². The first-order valence-electron chi connectivity index (χ1n) is 9.12. The van der Waals surface area contributed by atoms with E-state index in [4.69, 9.17) is 0 Å². The first-order chi connectivity index (χ1) is 14.6. The molecule has 8 heteroatoms. The first-order valence-corrected chi connectivity index (χ1v) is 11.1. The Labute approximate surface area is 181 Å². The highest BCUT2D eigenvalue weighted by Gasteiger charge is 2.28. The minimum Gasteiger partial charge on any atom is -0.269 e. The highest BCUT2D eigenvalue weighted by atomic mass is 32.2. The molecule has 0 aromatic heterocycles. The number of carbonyl (C=O) groups is 4. The summed E-state index contributed by atoms with van der Waals surface area (Å²) in [6.07, 6.45) is 5.08. The highest BCUT2D eigenvalue weighted by Crippen LogP contribution is 2.35. The molecular formula is C22H16N2O4S2. The predicted octanol–water partition coefficient (Wildman–Crippen LogP) is 3.43. The van der Waals surface area contributed by atoms with Crippen LogP contribution >= 0.6 is 23.5 Å². The molecule has 150 valence electrons. The molecular weight excluding hydrogens is 420 g/mol. The Morgan fingerprint density at radius 3 is 1.23 bits per heavy atom. The SMILES string of the molecule is O=C1C=CC(=O)N1c1ccccc1SCCSc1ccccc1N1C(=O)C=CC1=O. The first kappa shape index (κ1) is 20.2. The molecule has 4 amide bonds. The molecule has 0 saturated carbocycles. The van der Waals surface area contributed by atoms with Crippen LogP contribution in [-0.2, 0) is 19.2 Å². The van der Waals surface area contributed by atoms with Gasteiger partial charge in [0.05, 0.1) is 11.4 Å². The quantitative estimate of drug-likeness (QED) is 0.376. The Morgan fingerprint density at radius 2 is 0.867 bits per heavy atom. The van der Waals surface area contributed by atoms with E-state index in [1.165, 1.54) is 34.1 Å². The second-order valence-corrected chi connectivity index (χ2v) is 8.60. The Morgan fingerprint density at radius 1 is 0.533 bits per heavy atom.